The Labute approximate surface area is 157 Å². The SMILES string of the molecule is COc1ccc(Cn2cc(Cc3cc(O)c(OC)c(O)c3)n(C)c2=N)cc1. The molecule has 1 heterocycles. The normalized spacial score (nSPS) is 10.8. The van der Waals surface area contributed by atoms with E-state index in [9.17, 15) is 10.2 Å². The zero-order valence-electron chi connectivity index (χ0n) is 15.6. The highest BCUT2D eigenvalue weighted by Crippen LogP contribution is 2.37. The Hall–Kier alpha value is -3.35. The lowest BCUT2D eigenvalue weighted by molar-refractivity contribution is 0.344. The average Bonchev–Trinajstić information content (AvgIpc) is 2.90. The van der Waals surface area contributed by atoms with Crippen molar-refractivity contribution >= 4 is 0 Å². The summed E-state index contributed by atoms with van der Waals surface area (Å²) >= 11 is 0. The minimum Gasteiger partial charge on any atom is -0.504 e. The van der Waals surface area contributed by atoms with Crippen LogP contribution in [-0.2, 0) is 20.0 Å². The van der Waals surface area contributed by atoms with Gasteiger partial charge in [-0.2, -0.15) is 0 Å². The molecule has 7 nitrogen and oxygen atoms in total. The maximum Gasteiger partial charge on any atom is 0.202 e. The molecule has 3 rings (SSSR count). The highest BCUT2D eigenvalue weighted by Gasteiger charge is 2.13. The number of hydrogen-bond acceptors (Lipinski definition) is 5. The third-order valence-corrected chi connectivity index (χ3v) is 4.54. The van der Waals surface area contributed by atoms with Gasteiger partial charge >= 0.3 is 0 Å². The lowest BCUT2D eigenvalue weighted by Gasteiger charge is -2.09. The van der Waals surface area contributed by atoms with Gasteiger partial charge in [0.25, 0.3) is 0 Å². The summed E-state index contributed by atoms with van der Waals surface area (Å²) in [6, 6.07) is 10.8. The topological polar surface area (TPSA) is 92.6 Å². The minimum atomic E-state index is -0.112. The summed E-state index contributed by atoms with van der Waals surface area (Å²) in [5.74, 6) is 0.627. The molecule has 142 valence electrons. The Morgan fingerprint density at radius 1 is 0.963 bits per heavy atom. The first kappa shape index (κ1) is 18.4. The Bertz CT molecular complexity index is 980. The van der Waals surface area contributed by atoms with Gasteiger partial charge in [0.15, 0.2) is 11.5 Å². The summed E-state index contributed by atoms with van der Waals surface area (Å²) in [5, 5.41) is 28.3. The van der Waals surface area contributed by atoms with Crippen molar-refractivity contribution in [1.82, 2.24) is 9.13 Å². The van der Waals surface area contributed by atoms with Crippen LogP contribution in [0.15, 0.2) is 42.6 Å². The first-order valence-corrected chi connectivity index (χ1v) is 8.44. The smallest absolute Gasteiger partial charge is 0.202 e. The molecule has 0 fully saturated rings. The molecule has 0 atom stereocenters. The van der Waals surface area contributed by atoms with Crippen molar-refractivity contribution in [3.63, 3.8) is 0 Å². The second-order valence-corrected chi connectivity index (χ2v) is 6.32. The number of phenolic OH excluding ortho intramolecular Hbond substituents is 2. The average molecular weight is 369 g/mol. The van der Waals surface area contributed by atoms with Gasteiger partial charge in [-0.25, -0.2) is 0 Å². The van der Waals surface area contributed by atoms with Crippen LogP contribution in [0.3, 0.4) is 0 Å². The van der Waals surface area contributed by atoms with E-state index < -0.39 is 0 Å². The van der Waals surface area contributed by atoms with Gasteiger partial charge in [-0.3, -0.25) is 5.41 Å². The van der Waals surface area contributed by atoms with Gasteiger partial charge in [-0.15, -0.1) is 0 Å². The molecule has 0 aliphatic heterocycles. The number of benzene rings is 2. The number of rotatable bonds is 6. The van der Waals surface area contributed by atoms with E-state index in [0.717, 1.165) is 22.6 Å². The summed E-state index contributed by atoms with van der Waals surface area (Å²) in [7, 11) is 4.84. The first-order valence-electron chi connectivity index (χ1n) is 8.44. The second-order valence-electron chi connectivity index (χ2n) is 6.32. The molecular formula is C20H23N3O4. The van der Waals surface area contributed by atoms with Gasteiger partial charge in [-0.05, 0) is 35.4 Å². The lowest BCUT2D eigenvalue weighted by Crippen LogP contribution is -2.23. The predicted molar refractivity (Wildman–Crippen MR) is 100 cm³/mol. The number of hydrogen-bond donors (Lipinski definition) is 3. The van der Waals surface area contributed by atoms with Crippen molar-refractivity contribution in [2.24, 2.45) is 7.05 Å². The monoisotopic (exact) mass is 369 g/mol. The van der Waals surface area contributed by atoms with Crippen LogP contribution in [-0.4, -0.2) is 33.6 Å². The lowest BCUT2D eigenvalue weighted by atomic mass is 10.1. The maximum atomic E-state index is 9.97. The molecule has 1 aromatic heterocycles. The molecular weight excluding hydrogens is 346 g/mol. The molecule has 0 unspecified atom stereocenters. The van der Waals surface area contributed by atoms with E-state index in [0.29, 0.717) is 18.6 Å². The number of methoxy groups -OCH3 is 2. The van der Waals surface area contributed by atoms with Crippen LogP contribution in [0, 0.1) is 5.41 Å². The molecule has 0 amide bonds. The largest absolute Gasteiger partial charge is 0.504 e. The van der Waals surface area contributed by atoms with Gasteiger partial charge in [0.1, 0.15) is 5.75 Å². The van der Waals surface area contributed by atoms with Crippen LogP contribution >= 0.6 is 0 Å². The molecule has 0 spiro atoms. The summed E-state index contributed by atoms with van der Waals surface area (Å²) in [6.45, 7) is 0.565. The number of nitrogens with zero attached hydrogens (tertiary/aromatic N) is 2. The van der Waals surface area contributed by atoms with Crippen LogP contribution in [0.1, 0.15) is 16.8 Å². The fourth-order valence-corrected chi connectivity index (χ4v) is 3.04. The van der Waals surface area contributed by atoms with Crippen molar-refractivity contribution in [3.05, 3.63) is 65.0 Å². The minimum absolute atomic E-state index is 0.0568. The molecule has 0 saturated carbocycles. The van der Waals surface area contributed by atoms with E-state index in [1.165, 1.54) is 7.11 Å². The van der Waals surface area contributed by atoms with Crippen molar-refractivity contribution in [2.45, 2.75) is 13.0 Å². The van der Waals surface area contributed by atoms with Gasteiger partial charge in [0.05, 0.1) is 20.8 Å². The summed E-state index contributed by atoms with van der Waals surface area (Å²) in [4.78, 5) is 0. The molecule has 0 radical (unpaired) electrons. The molecule has 0 aliphatic carbocycles. The summed E-state index contributed by atoms with van der Waals surface area (Å²) in [6.07, 6.45) is 2.37. The molecule has 2 aromatic carbocycles. The molecule has 3 aromatic rings. The number of nitrogens with one attached hydrogen (secondary N) is 1. The van der Waals surface area contributed by atoms with E-state index in [-0.39, 0.29) is 17.2 Å². The van der Waals surface area contributed by atoms with Crippen LogP contribution in [0.5, 0.6) is 23.0 Å². The van der Waals surface area contributed by atoms with Gasteiger partial charge in [0, 0.05) is 25.4 Å². The summed E-state index contributed by atoms with van der Waals surface area (Å²) < 4.78 is 13.8. The van der Waals surface area contributed by atoms with E-state index in [2.05, 4.69) is 0 Å². The molecule has 7 heteroatoms. The zero-order valence-corrected chi connectivity index (χ0v) is 15.6. The molecule has 27 heavy (non-hydrogen) atoms. The second kappa shape index (κ2) is 7.49. The number of aromatic nitrogens is 2. The van der Waals surface area contributed by atoms with E-state index >= 15 is 0 Å². The van der Waals surface area contributed by atoms with Crippen LogP contribution in [0.4, 0.5) is 0 Å². The van der Waals surface area contributed by atoms with Crippen molar-refractivity contribution in [1.29, 1.82) is 5.41 Å². The highest BCUT2D eigenvalue weighted by atomic mass is 16.5. The van der Waals surface area contributed by atoms with Crippen molar-refractivity contribution < 1.29 is 19.7 Å². The fraction of sp³-hybridized carbons (Fsp3) is 0.250. The van der Waals surface area contributed by atoms with Crippen LogP contribution in [0.2, 0.25) is 0 Å². The molecule has 0 saturated heterocycles. The third-order valence-electron chi connectivity index (χ3n) is 4.54. The van der Waals surface area contributed by atoms with Crippen molar-refractivity contribution in [2.75, 3.05) is 14.2 Å². The Kier molecular flexibility index (Phi) is 5.12. The Balaban J connectivity index is 1.85. The number of ether oxygens (including phenoxy) is 2. The standard InChI is InChI=1S/C20H23N3O4/c1-22-15(8-14-9-17(24)19(27-3)18(25)10-14)12-23(20(22)21)11-13-4-6-16(26-2)7-5-13/h4-7,9-10,12,21,24-25H,8,11H2,1-3H3. The number of imidazole rings is 1. The zero-order chi connectivity index (χ0) is 19.6. The summed E-state index contributed by atoms with van der Waals surface area (Å²) in [5.41, 5.74) is 3.04. The molecule has 0 bridgehead atoms. The van der Waals surface area contributed by atoms with Gasteiger partial charge in [-0.1, -0.05) is 12.1 Å². The van der Waals surface area contributed by atoms with Gasteiger partial charge < -0.3 is 28.8 Å². The first-order chi connectivity index (χ1) is 12.9. The van der Waals surface area contributed by atoms with E-state index in [1.54, 1.807) is 23.8 Å². The van der Waals surface area contributed by atoms with Crippen LogP contribution < -0.4 is 15.1 Å². The molecule has 3 N–H and O–H groups in total. The Morgan fingerprint density at radius 3 is 2.15 bits per heavy atom. The third kappa shape index (κ3) is 3.76. The Morgan fingerprint density at radius 2 is 1.59 bits per heavy atom. The van der Waals surface area contributed by atoms with Crippen molar-refractivity contribution in [3.8, 4) is 23.0 Å². The highest BCUT2D eigenvalue weighted by molar-refractivity contribution is 5.52. The van der Waals surface area contributed by atoms with E-state index in [4.69, 9.17) is 14.9 Å². The maximum absolute atomic E-state index is 9.97. The number of phenols is 2. The number of aromatic hydroxyl groups is 2. The van der Waals surface area contributed by atoms with E-state index in [1.807, 2.05) is 42.1 Å². The quantitative estimate of drug-likeness (QED) is 0.622. The predicted octanol–water partition coefficient (Wildman–Crippen LogP) is 2.37. The fourth-order valence-electron chi connectivity index (χ4n) is 3.04. The molecule has 0 aliphatic rings. The van der Waals surface area contributed by atoms with Gasteiger partial charge in [0.2, 0.25) is 11.4 Å². The van der Waals surface area contributed by atoms with Crippen LogP contribution in [0.25, 0.3) is 0 Å².